The van der Waals surface area contributed by atoms with Gasteiger partial charge in [0.2, 0.25) is 5.91 Å². The number of aromatic nitrogens is 3. The number of carbonyl (C=O) groups excluding carboxylic acids is 1. The van der Waals surface area contributed by atoms with Crippen molar-refractivity contribution in [2.45, 2.75) is 76.0 Å². The van der Waals surface area contributed by atoms with Crippen molar-refractivity contribution < 1.29 is 4.79 Å². The van der Waals surface area contributed by atoms with Gasteiger partial charge in [0, 0.05) is 31.6 Å². The molecule has 0 spiro atoms. The second-order valence-electron chi connectivity index (χ2n) is 8.17. The molecular formula is C19H36IN7OS. The lowest BCUT2D eigenvalue weighted by Gasteiger charge is -2.21. The summed E-state index contributed by atoms with van der Waals surface area (Å²) in [7, 11) is 1.71. The molecule has 1 heterocycles. The average molecular weight is 538 g/mol. The van der Waals surface area contributed by atoms with Crippen LogP contribution in [0.1, 0.15) is 64.7 Å². The van der Waals surface area contributed by atoms with Crippen molar-refractivity contribution in [1.29, 1.82) is 0 Å². The highest BCUT2D eigenvalue weighted by atomic mass is 127. The minimum atomic E-state index is -0.236. The van der Waals surface area contributed by atoms with Crippen LogP contribution in [0.15, 0.2) is 10.1 Å². The molecule has 8 nitrogen and oxygen atoms in total. The van der Waals surface area contributed by atoms with E-state index in [-0.39, 0.29) is 42.0 Å². The predicted molar refractivity (Wildman–Crippen MR) is 130 cm³/mol. The number of rotatable bonds is 8. The van der Waals surface area contributed by atoms with Gasteiger partial charge in [0.25, 0.3) is 0 Å². The molecule has 1 amide bonds. The van der Waals surface area contributed by atoms with Crippen molar-refractivity contribution in [3.8, 4) is 0 Å². The lowest BCUT2D eigenvalue weighted by molar-refractivity contribution is -0.121. The molecule has 0 aromatic carbocycles. The summed E-state index contributed by atoms with van der Waals surface area (Å²) in [5.74, 6) is 1.65. The summed E-state index contributed by atoms with van der Waals surface area (Å²) < 4.78 is 2.35. The Bertz CT molecular complexity index is 666. The van der Waals surface area contributed by atoms with Gasteiger partial charge in [0.1, 0.15) is 5.82 Å². The number of thioether (sulfide) groups is 1. The van der Waals surface area contributed by atoms with Gasteiger partial charge in [-0.1, -0.05) is 24.6 Å². The lowest BCUT2D eigenvalue weighted by atomic mass is 10.1. The molecule has 1 aliphatic carbocycles. The minimum absolute atomic E-state index is 0. The standard InChI is InChI=1S/C19H35N7OS.HI/c1-19(2,3)23-16(27)13-22-17(20-4)21-12-8-11-15-24-25-18(28-5)26(15)14-9-6-7-10-14;/h14H,6-13H2,1-5H3,(H,23,27)(H2,20,21,22);1H. The zero-order valence-corrected chi connectivity index (χ0v) is 21.4. The van der Waals surface area contributed by atoms with E-state index in [0.717, 1.165) is 30.4 Å². The van der Waals surface area contributed by atoms with Crippen LogP contribution >= 0.6 is 35.7 Å². The van der Waals surface area contributed by atoms with E-state index in [1.807, 2.05) is 20.8 Å². The first kappa shape index (κ1) is 26.0. The Morgan fingerprint density at radius 3 is 2.52 bits per heavy atom. The van der Waals surface area contributed by atoms with Crippen molar-refractivity contribution in [3.63, 3.8) is 0 Å². The van der Waals surface area contributed by atoms with Gasteiger partial charge in [-0.15, -0.1) is 34.2 Å². The average Bonchev–Trinajstić information content (AvgIpc) is 3.28. The van der Waals surface area contributed by atoms with E-state index in [9.17, 15) is 4.79 Å². The molecule has 1 fully saturated rings. The molecule has 1 aromatic rings. The Morgan fingerprint density at radius 2 is 1.93 bits per heavy atom. The lowest BCUT2D eigenvalue weighted by Crippen LogP contribution is -2.48. The van der Waals surface area contributed by atoms with Crippen molar-refractivity contribution in [2.75, 3.05) is 26.4 Å². The normalized spacial score (nSPS) is 15.1. The zero-order valence-electron chi connectivity index (χ0n) is 18.2. The first-order chi connectivity index (χ1) is 13.3. The fourth-order valence-electron chi connectivity index (χ4n) is 3.45. The Kier molecular flexibility index (Phi) is 11.3. The van der Waals surface area contributed by atoms with Gasteiger partial charge in [-0.2, -0.15) is 0 Å². The molecule has 1 saturated carbocycles. The summed E-state index contributed by atoms with van der Waals surface area (Å²) in [6, 6.07) is 0.552. The van der Waals surface area contributed by atoms with Crippen LogP contribution < -0.4 is 16.0 Å². The predicted octanol–water partition coefficient (Wildman–Crippen LogP) is 2.75. The molecule has 10 heteroatoms. The summed E-state index contributed by atoms with van der Waals surface area (Å²) in [5, 5.41) is 19.1. The molecule has 1 aromatic heterocycles. The van der Waals surface area contributed by atoms with Crippen LogP contribution in [0, 0.1) is 0 Å². The molecule has 0 saturated heterocycles. The van der Waals surface area contributed by atoms with E-state index in [2.05, 4.69) is 42.0 Å². The molecule has 29 heavy (non-hydrogen) atoms. The fraction of sp³-hybridized carbons (Fsp3) is 0.789. The highest BCUT2D eigenvalue weighted by molar-refractivity contribution is 14.0. The van der Waals surface area contributed by atoms with E-state index >= 15 is 0 Å². The van der Waals surface area contributed by atoms with E-state index in [4.69, 9.17) is 0 Å². The van der Waals surface area contributed by atoms with E-state index in [0.29, 0.717) is 12.0 Å². The number of carbonyl (C=O) groups is 1. The van der Waals surface area contributed by atoms with Crippen LogP contribution in [0.2, 0.25) is 0 Å². The highest BCUT2D eigenvalue weighted by Gasteiger charge is 2.23. The van der Waals surface area contributed by atoms with E-state index in [1.54, 1.807) is 18.8 Å². The topological polar surface area (TPSA) is 96.2 Å². The summed E-state index contributed by atoms with van der Waals surface area (Å²) in [4.78, 5) is 16.1. The maximum Gasteiger partial charge on any atom is 0.239 e. The van der Waals surface area contributed by atoms with Crippen molar-refractivity contribution in [3.05, 3.63) is 5.82 Å². The van der Waals surface area contributed by atoms with Crippen molar-refractivity contribution >= 4 is 47.6 Å². The largest absolute Gasteiger partial charge is 0.356 e. The quantitative estimate of drug-likeness (QED) is 0.155. The van der Waals surface area contributed by atoms with Crippen molar-refractivity contribution in [2.24, 2.45) is 4.99 Å². The number of nitrogens with one attached hydrogen (secondary N) is 3. The molecular weight excluding hydrogens is 501 g/mol. The van der Waals surface area contributed by atoms with Crippen LogP contribution in [0.3, 0.4) is 0 Å². The van der Waals surface area contributed by atoms with Gasteiger partial charge < -0.3 is 20.5 Å². The zero-order chi connectivity index (χ0) is 20.6. The number of amides is 1. The number of halogens is 1. The van der Waals surface area contributed by atoms with Gasteiger partial charge in [-0.05, 0) is 46.3 Å². The molecule has 1 aliphatic rings. The fourth-order valence-corrected chi connectivity index (χ4v) is 4.02. The highest BCUT2D eigenvalue weighted by Crippen LogP contribution is 2.33. The molecule has 0 radical (unpaired) electrons. The molecule has 3 N–H and O–H groups in total. The SMILES string of the molecule is CN=C(NCCCc1nnc(SC)n1C1CCCC1)NCC(=O)NC(C)(C)C.I. The monoisotopic (exact) mass is 537 g/mol. The number of hydrogen-bond acceptors (Lipinski definition) is 5. The van der Waals surface area contributed by atoms with Gasteiger partial charge in [0.05, 0.1) is 6.54 Å². The number of aryl methyl sites for hydroxylation is 1. The van der Waals surface area contributed by atoms with Crippen LogP contribution in [0.5, 0.6) is 0 Å². The number of guanidine groups is 1. The first-order valence-corrected chi connectivity index (χ1v) is 11.3. The maximum atomic E-state index is 11.9. The van der Waals surface area contributed by atoms with Crippen LogP contribution in [0.4, 0.5) is 0 Å². The second kappa shape index (κ2) is 12.6. The van der Waals surface area contributed by atoms with Crippen LogP contribution in [0.25, 0.3) is 0 Å². The molecule has 166 valence electrons. The smallest absolute Gasteiger partial charge is 0.239 e. The third kappa shape index (κ3) is 8.69. The van der Waals surface area contributed by atoms with E-state index < -0.39 is 0 Å². The molecule has 0 unspecified atom stereocenters. The first-order valence-electron chi connectivity index (χ1n) is 10.1. The Balaban J connectivity index is 0.00000420. The van der Waals surface area contributed by atoms with Crippen LogP contribution in [-0.4, -0.2) is 58.6 Å². The number of aliphatic imine (C=N–C) groups is 1. The summed E-state index contributed by atoms with van der Waals surface area (Å²) >= 11 is 1.67. The third-order valence-corrected chi connectivity index (χ3v) is 5.28. The Morgan fingerprint density at radius 1 is 1.24 bits per heavy atom. The molecule has 0 aliphatic heterocycles. The third-order valence-electron chi connectivity index (χ3n) is 4.63. The van der Waals surface area contributed by atoms with Crippen molar-refractivity contribution in [1.82, 2.24) is 30.7 Å². The summed E-state index contributed by atoms with van der Waals surface area (Å²) in [6.07, 6.45) is 8.90. The van der Waals surface area contributed by atoms with Gasteiger partial charge in [-0.3, -0.25) is 9.79 Å². The number of hydrogen-bond donors (Lipinski definition) is 3. The van der Waals surface area contributed by atoms with Gasteiger partial charge in [0.15, 0.2) is 11.1 Å². The molecule has 0 bridgehead atoms. The molecule has 2 rings (SSSR count). The Labute approximate surface area is 195 Å². The summed E-state index contributed by atoms with van der Waals surface area (Å²) in [5.41, 5.74) is -0.236. The number of nitrogens with zero attached hydrogens (tertiary/aromatic N) is 4. The maximum absolute atomic E-state index is 11.9. The van der Waals surface area contributed by atoms with Crippen LogP contribution in [-0.2, 0) is 11.2 Å². The molecule has 0 atom stereocenters. The second-order valence-corrected chi connectivity index (χ2v) is 8.94. The van der Waals surface area contributed by atoms with Gasteiger partial charge >= 0.3 is 0 Å². The van der Waals surface area contributed by atoms with Gasteiger partial charge in [-0.25, -0.2) is 0 Å². The van der Waals surface area contributed by atoms with E-state index in [1.165, 1.54) is 25.7 Å². The minimum Gasteiger partial charge on any atom is -0.356 e. The Hall–Kier alpha value is -1.04. The summed E-state index contributed by atoms with van der Waals surface area (Å²) in [6.45, 7) is 6.84.